The number of benzene rings is 1. The number of phenolic OH excluding ortho intramolecular Hbond substituents is 1. The minimum Gasteiger partial charge on any atom is -0.507 e. The molecule has 0 heterocycles. The molecule has 0 aromatic heterocycles. The zero-order valence-corrected chi connectivity index (χ0v) is 9.37. The Bertz CT molecular complexity index is 364. The van der Waals surface area contributed by atoms with E-state index in [9.17, 15) is 15.0 Å². The topological polar surface area (TPSA) is 87.0 Å². The van der Waals surface area contributed by atoms with Gasteiger partial charge in [0.15, 0.2) is 6.29 Å². The molecule has 1 aromatic rings. The van der Waals surface area contributed by atoms with Crippen LogP contribution in [0.5, 0.6) is 5.75 Å². The largest absolute Gasteiger partial charge is 0.507 e. The summed E-state index contributed by atoms with van der Waals surface area (Å²) >= 11 is 0. The predicted molar refractivity (Wildman–Crippen MR) is 61.1 cm³/mol. The van der Waals surface area contributed by atoms with E-state index < -0.39 is 6.10 Å². The van der Waals surface area contributed by atoms with Gasteiger partial charge in [-0.2, -0.15) is 0 Å². The van der Waals surface area contributed by atoms with Crippen LogP contribution in [0.25, 0.3) is 0 Å². The van der Waals surface area contributed by atoms with Gasteiger partial charge < -0.3 is 20.1 Å². The van der Waals surface area contributed by atoms with Gasteiger partial charge in [-0.15, -0.1) is 0 Å². The standard InChI is InChI=1S/C12H16O5/c13-3-4-17-8-11(15)6-9-1-2-12(16)10(5-9)7-14/h1-2,5,7,11,13,15-16H,3-4,6,8H2. The third kappa shape index (κ3) is 4.52. The van der Waals surface area contributed by atoms with Gasteiger partial charge in [-0.25, -0.2) is 0 Å². The monoisotopic (exact) mass is 240 g/mol. The van der Waals surface area contributed by atoms with Crippen molar-refractivity contribution >= 4 is 6.29 Å². The van der Waals surface area contributed by atoms with Gasteiger partial charge in [0.1, 0.15) is 5.75 Å². The lowest BCUT2D eigenvalue weighted by Crippen LogP contribution is -2.19. The number of rotatable bonds is 7. The molecule has 17 heavy (non-hydrogen) atoms. The summed E-state index contributed by atoms with van der Waals surface area (Å²) in [6, 6.07) is 4.58. The molecule has 0 amide bonds. The number of aromatic hydroxyl groups is 1. The average molecular weight is 240 g/mol. The van der Waals surface area contributed by atoms with Crippen LogP contribution in [0, 0.1) is 0 Å². The fraction of sp³-hybridized carbons (Fsp3) is 0.417. The lowest BCUT2D eigenvalue weighted by molar-refractivity contribution is 0.0217. The third-order valence-electron chi connectivity index (χ3n) is 2.24. The van der Waals surface area contributed by atoms with E-state index in [0.717, 1.165) is 5.56 Å². The van der Waals surface area contributed by atoms with Crippen molar-refractivity contribution in [2.75, 3.05) is 19.8 Å². The van der Waals surface area contributed by atoms with Crippen molar-refractivity contribution in [2.45, 2.75) is 12.5 Å². The van der Waals surface area contributed by atoms with Crippen LogP contribution < -0.4 is 0 Å². The number of hydrogen-bond donors (Lipinski definition) is 3. The Morgan fingerprint density at radius 2 is 2.18 bits per heavy atom. The Morgan fingerprint density at radius 3 is 2.82 bits per heavy atom. The number of aliphatic hydroxyl groups excluding tert-OH is 2. The fourth-order valence-corrected chi connectivity index (χ4v) is 1.44. The highest BCUT2D eigenvalue weighted by Crippen LogP contribution is 2.17. The third-order valence-corrected chi connectivity index (χ3v) is 2.24. The normalized spacial score (nSPS) is 12.4. The van der Waals surface area contributed by atoms with Crippen LogP contribution >= 0.6 is 0 Å². The Hall–Kier alpha value is -1.43. The Morgan fingerprint density at radius 1 is 1.41 bits per heavy atom. The van der Waals surface area contributed by atoms with Crippen LogP contribution in [0.15, 0.2) is 18.2 Å². The number of carbonyl (C=O) groups is 1. The van der Waals surface area contributed by atoms with Crippen LogP contribution in [-0.2, 0) is 11.2 Å². The van der Waals surface area contributed by atoms with Crippen LogP contribution in [0.2, 0.25) is 0 Å². The molecule has 94 valence electrons. The fourth-order valence-electron chi connectivity index (χ4n) is 1.44. The number of carbonyl (C=O) groups excluding carboxylic acids is 1. The first-order valence-electron chi connectivity index (χ1n) is 5.31. The maximum atomic E-state index is 10.6. The molecule has 1 unspecified atom stereocenters. The SMILES string of the molecule is O=Cc1cc(CC(O)COCCO)ccc1O. The first kappa shape index (κ1) is 13.6. The summed E-state index contributed by atoms with van der Waals surface area (Å²) in [7, 11) is 0. The van der Waals surface area contributed by atoms with E-state index in [4.69, 9.17) is 9.84 Å². The first-order valence-corrected chi connectivity index (χ1v) is 5.31. The van der Waals surface area contributed by atoms with E-state index in [1.807, 2.05) is 0 Å². The van der Waals surface area contributed by atoms with Crippen molar-refractivity contribution in [1.82, 2.24) is 0 Å². The lowest BCUT2D eigenvalue weighted by atomic mass is 10.1. The minimum absolute atomic E-state index is 0.0743. The first-order chi connectivity index (χ1) is 8.17. The van der Waals surface area contributed by atoms with Crippen molar-refractivity contribution in [3.8, 4) is 5.75 Å². The van der Waals surface area contributed by atoms with E-state index in [0.29, 0.717) is 12.7 Å². The zero-order chi connectivity index (χ0) is 12.7. The van der Waals surface area contributed by atoms with E-state index in [2.05, 4.69) is 0 Å². The maximum Gasteiger partial charge on any atom is 0.153 e. The molecule has 3 N–H and O–H groups in total. The second kappa shape index (κ2) is 7.01. The molecule has 0 saturated carbocycles. The van der Waals surface area contributed by atoms with E-state index >= 15 is 0 Å². The van der Waals surface area contributed by atoms with Crippen LogP contribution in [-0.4, -0.2) is 47.5 Å². The smallest absolute Gasteiger partial charge is 0.153 e. The van der Waals surface area contributed by atoms with E-state index in [-0.39, 0.29) is 31.1 Å². The lowest BCUT2D eigenvalue weighted by Gasteiger charge is -2.11. The quantitative estimate of drug-likeness (QED) is 0.465. The highest BCUT2D eigenvalue weighted by atomic mass is 16.5. The summed E-state index contributed by atoms with van der Waals surface area (Å²) < 4.78 is 4.98. The van der Waals surface area contributed by atoms with Gasteiger partial charge in [-0.05, 0) is 17.7 Å². The van der Waals surface area contributed by atoms with Gasteiger partial charge in [0.25, 0.3) is 0 Å². The molecule has 0 bridgehead atoms. The molecule has 0 aliphatic heterocycles. The average Bonchev–Trinajstić information content (AvgIpc) is 2.32. The molecule has 1 atom stereocenters. The highest BCUT2D eigenvalue weighted by molar-refractivity contribution is 5.79. The molecule has 0 fully saturated rings. The van der Waals surface area contributed by atoms with E-state index in [1.165, 1.54) is 12.1 Å². The van der Waals surface area contributed by atoms with Crippen molar-refractivity contribution in [3.63, 3.8) is 0 Å². The van der Waals surface area contributed by atoms with Gasteiger partial charge in [-0.1, -0.05) is 6.07 Å². The van der Waals surface area contributed by atoms with Crippen molar-refractivity contribution < 1.29 is 24.9 Å². The second-order valence-electron chi connectivity index (χ2n) is 3.67. The summed E-state index contributed by atoms with van der Waals surface area (Å²) in [5.74, 6) is -0.0743. The van der Waals surface area contributed by atoms with Gasteiger partial charge in [-0.3, -0.25) is 4.79 Å². The summed E-state index contributed by atoms with van der Waals surface area (Å²) in [6.07, 6.45) is 0.186. The second-order valence-corrected chi connectivity index (χ2v) is 3.67. The predicted octanol–water partition coefficient (Wildman–Crippen LogP) is 0.117. The van der Waals surface area contributed by atoms with Crippen LogP contribution in [0.1, 0.15) is 15.9 Å². The molecule has 0 radical (unpaired) electrons. The van der Waals surface area contributed by atoms with E-state index in [1.54, 1.807) is 6.07 Å². The molecule has 0 aliphatic carbocycles. The van der Waals surface area contributed by atoms with Crippen LogP contribution in [0.3, 0.4) is 0 Å². The van der Waals surface area contributed by atoms with Gasteiger partial charge in [0, 0.05) is 6.42 Å². The van der Waals surface area contributed by atoms with Crippen molar-refractivity contribution in [3.05, 3.63) is 29.3 Å². The molecule has 0 spiro atoms. The summed E-state index contributed by atoms with van der Waals surface area (Å²) in [6.45, 7) is 0.227. The minimum atomic E-state index is -0.703. The van der Waals surface area contributed by atoms with Gasteiger partial charge in [0.05, 0.1) is 31.5 Å². The number of ether oxygens (including phenoxy) is 1. The molecule has 1 aromatic carbocycles. The number of aliphatic hydroxyl groups is 2. The number of phenols is 1. The van der Waals surface area contributed by atoms with Crippen molar-refractivity contribution in [1.29, 1.82) is 0 Å². The molecular formula is C12H16O5. The van der Waals surface area contributed by atoms with Gasteiger partial charge >= 0.3 is 0 Å². The molecule has 5 nitrogen and oxygen atoms in total. The molecular weight excluding hydrogens is 224 g/mol. The maximum absolute atomic E-state index is 10.6. The van der Waals surface area contributed by atoms with Crippen LogP contribution in [0.4, 0.5) is 0 Å². The van der Waals surface area contributed by atoms with Crippen molar-refractivity contribution in [2.24, 2.45) is 0 Å². The van der Waals surface area contributed by atoms with Gasteiger partial charge in [0.2, 0.25) is 0 Å². The molecule has 0 aliphatic rings. The Kier molecular flexibility index (Phi) is 5.62. The Labute approximate surface area is 99.3 Å². The zero-order valence-electron chi connectivity index (χ0n) is 9.37. The Balaban J connectivity index is 2.53. The highest BCUT2D eigenvalue weighted by Gasteiger charge is 2.08. The molecule has 5 heteroatoms. The summed E-state index contributed by atoms with van der Waals surface area (Å²) in [5.41, 5.74) is 0.941. The molecule has 0 saturated heterocycles. The summed E-state index contributed by atoms with van der Waals surface area (Å²) in [5, 5.41) is 27.4. The molecule has 1 rings (SSSR count). The number of aldehydes is 1. The number of hydrogen-bond acceptors (Lipinski definition) is 5. The summed E-state index contributed by atoms with van der Waals surface area (Å²) in [4.78, 5) is 10.6.